The van der Waals surface area contributed by atoms with Crippen molar-refractivity contribution in [2.45, 2.75) is 19.4 Å². The maximum atomic E-state index is 11.8. The zero-order chi connectivity index (χ0) is 14.4. The van der Waals surface area contributed by atoms with Gasteiger partial charge in [0.25, 0.3) is 0 Å². The molecule has 1 aliphatic rings. The maximum Gasteiger partial charge on any atom is 0.234 e. The number of carbonyl (C=O) groups is 1. The summed E-state index contributed by atoms with van der Waals surface area (Å²) >= 11 is 0. The summed E-state index contributed by atoms with van der Waals surface area (Å²) in [7, 11) is 1.67. The Bertz CT molecular complexity index is 462. The number of nitrogens with zero attached hydrogens (tertiary/aromatic N) is 1. The van der Waals surface area contributed by atoms with Crippen molar-refractivity contribution >= 4 is 11.6 Å². The van der Waals surface area contributed by atoms with E-state index in [0.29, 0.717) is 19.7 Å². The van der Waals surface area contributed by atoms with Crippen molar-refractivity contribution in [3.63, 3.8) is 0 Å². The molecule has 1 amide bonds. The summed E-state index contributed by atoms with van der Waals surface area (Å²) in [5.41, 5.74) is 9.18. The normalized spacial score (nSPS) is 14.8. The van der Waals surface area contributed by atoms with E-state index in [1.54, 1.807) is 7.11 Å². The number of fused-ring (bicyclic) bond motifs is 1. The molecule has 0 fully saturated rings. The third-order valence-corrected chi connectivity index (χ3v) is 3.54. The lowest BCUT2D eigenvalue weighted by Crippen LogP contribution is -2.40. The van der Waals surface area contributed by atoms with Gasteiger partial charge in [-0.2, -0.15) is 0 Å². The van der Waals surface area contributed by atoms with Crippen molar-refractivity contribution in [3.8, 4) is 0 Å². The third-order valence-electron chi connectivity index (χ3n) is 3.54. The quantitative estimate of drug-likeness (QED) is 0.595. The van der Waals surface area contributed by atoms with Gasteiger partial charge in [0.05, 0.1) is 6.54 Å². The van der Waals surface area contributed by atoms with E-state index in [9.17, 15) is 4.79 Å². The fourth-order valence-corrected chi connectivity index (χ4v) is 2.47. The van der Waals surface area contributed by atoms with Gasteiger partial charge in [0.1, 0.15) is 0 Å². The van der Waals surface area contributed by atoms with Crippen LogP contribution in [0, 0.1) is 0 Å². The molecule has 0 unspecified atom stereocenters. The van der Waals surface area contributed by atoms with E-state index in [-0.39, 0.29) is 5.91 Å². The zero-order valence-electron chi connectivity index (χ0n) is 12.0. The summed E-state index contributed by atoms with van der Waals surface area (Å²) in [6.45, 7) is 3.51. The molecule has 1 aromatic rings. The van der Waals surface area contributed by atoms with Crippen LogP contribution in [0.1, 0.15) is 17.5 Å². The lowest BCUT2D eigenvalue weighted by Gasteiger charge is -2.28. The second-order valence-corrected chi connectivity index (χ2v) is 5.19. The molecule has 2 rings (SSSR count). The molecule has 1 heterocycles. The molecule has 20 heavy (non-hydrogen) atoms. The summed E-state index contributed by atoms with van der Waals surface area (Å²) in [6.07, 6.45) is 1.83. The monoisotopic (exact) mass is 277 g/mol. The number of anilines is 1. The minimum absolute atomic E-state index is 0.0773. The highest BCUT2D eigenvalue weighted by Crippen LogP contribution is 2.20. The number of nitrogens with one attached hydrogen (secondary N) is 1. The smallest absolute Gasteiger partial charge is 0.234 e. The molecule has 0 aromatic heterocycles. The topological polar surface area (TPSA) is 67.6 Å². The number of ether oxygens (including phenoxy) is 1. The van der Waals surface area contributed by atoms with E-state index in [2.05, 4.69) is 16.3 Å². The summed E-state index contributed by atoms with van der Waals surface area (Å²) in [4.78, 5) is 14.0. The molecule has 0 spiro atoms. The van der Waals surface area contributed by atoms with Crippen molar-refractivity contribution in [2.24, 2.45) is 0 Å². The van der Waals surface area contributed by atoms with Gasteiger partial charge in [-0.15, -0.1) is 0 Å². The number of hydrogen-bond donors (Lipinski definition) is 2. The van der Waals surface area contributed by atoms with Gasteiger partial charge in [-0.05, 0) is 36.1 Å². The van der Waals surface area contributed by atoms with Crippen LogP contribution in [0.2, 0.25) is 0 Å². The molecule has 0 saturated heterocycles. The second-order valence-electron chi connectivity index (χ2n) is 5.19. The molecule has 0 saturated carbocycles. The summed E-state index contributed by atoms with van der Waals surface area (Å²) < 4.78 is 4.95. The Labute approximate surface area is 120 Å². The Morgan fingerprint density at radius 1 is 1.45 bits per heavy atom. The van der Waals surface area contributed by atoms with Crippen molar-refractivity contribution in [1.29, 1.82) is 0 Å². The molecular formula is C15H23N3O2. The summed E-state index contributed by atoms with van der Waals surface area (Å²) in [6, 6.07) is 6.04. The standard InChI is InChI=1S/C15H23N3O2/c1-20-8-2-6-17-15(19)11-18-7-5-12-3-4-14(16)9-13(12)10-18/h3-4,9H,2,5-8,10-11,16H2,1H3,(H,17,19). The molecule has 1 aromatic carbocycles. The number of benzene rings is 1. The largest absolute Gasteiger partial charge is 0.399 e. The maximum absolute atomic E-state index is 11.8. The van der Waals surface area contributed by atoms with Gasteiger partial charge in [0.2, 0.25) is 5.91 Å². The first-order valence-electron chi connectivity index (χ1n) is 7.04. The highest BCUT2D eigenvalue weighted by atomic mass is 16.5. The summed E-state index contributed by atoms with van der Waals surface area (Å²) in [5.74, 6) is 0.0773. The Kier molecular flexibility index (Phi) is 5.38. The van der Waals surface area contributed by atoms with E-state index in [4.69, 9.17) is 10.5 Å². The van der Waals surface area contributed by atoms with Crippen LogP contribution in [-0.4, -0.2) is 44.2 Å². The van der Waals surface area contributed by atoms with E-state index >= 15 is 0 Å². The van der Waals surface area contributed by atoms with Gasteiger partial charge in [-0.1, -0.05) is 6.07 Å². The Morgan fingerprint density at radius 2 is 2.30 bits per heavy atom. The molecule has 0 radical (unpaired) electrons. The van der Waals surface area contributed by atoms with E-state index in [1.807, 2.05) is 12.1 Å². The minimum atomic E-state index is 0.0773. The van der Waals surface area contributed by atoms with Crippen LogP contribution in [-0.2, 0) is 22.5 Å². The molecule has 0 atom stereocenters. The number of rotatable bonds is 6. The molecule has 5 nitrogen and oxygen atoms in total. The van der Waals surface area contributed by atoms with Crippen molar-refractivity contribution in [2.75, 3.05) is 39.1 Å². The van der Waals surface area contributed by atoms with Crippen LogP contribution >= 0.6 is 0 Å². The van der Waals surface area contributed by atoms with E-state index in [0.717, 1.165) is 31.6 Å². The predicted octanol–water partition coefficient (Wildman–Crippen LogP) is 0.780. The van der Waals surface area contributed by atoms with Crippen LogP contribution in [0.4, 0.5) is 5.69 Å². The molecule has 5 heteroatoms. The van der Waals surface area contributed by atoms with Crippen molar-refractivity contribution in [1.82, 2.24) is 10.2 Å². The third kappa shape index (κ3) is 4.21. The summed E-state index contributed by atoms with van der Waals surface area (Å²) in [5, 5.41) is 2.91. The van der Waals surface area contributed by atoms with Gasteiger partial charge in [-0.25, -0.2) is 0 Å². The van der Waals surface area contributed by atoms with Gasteiger partial charge in [0, 0.05) is 39.0 Å². The SMILES string of the molecule is COCCCNC(=O)CN1CCc2ccc(N)cc2C1. The number of nitrogen functional groups attached to an aromatic ring is 1. The van der Waals surface area contributed by atoms with Gasteiger partial charge in [-0.3, -0.25) is 9.69 Å². The number of nitrogens with two attached hydrogens (primary N) is 1. The molecule has 110 valence electrons. The average molecular weight is 277 g/mol. The van der Waals surface area contributed by atoms with Gasteiger partial charge >= 0.3 is 0 Å². The van der Waals surface area contributed by atoms with Crippen LogP contribution in [0.3, 0.4) is 0 Å². The first kappa shape index (κ1) is 14.8. The van der Waals surface area contributed by atoms with Crippen LogP contribution in [0.5, 0.6) is 0 Å². The minimum Gasteiger partial charge on any atom is -0.399 e. The Balaban J connectivity index is 1.79. The number of carbonyl (C=O) groups excluding carboxylic acids is 1. The lowest BCUT2D eigenvalue weighted by molar-refractivity contribution is -0.122. The average Bonchev–Trinajstić information content (AvgIpc) is 2.43. The Morgan fingerprint density at radius 3 is 3.10 bits per heavy atom. The van der Waals surface area contributed by atoms with Crippen LogP contribution in [0.25, 0.3) is 0 Å². The van der Waals surface area contributed by atoms with Crippen molar-refractivity contribution < 1.29 is 9.53 Å². The van der Waals surface area contributed by atoms with Crippen LogP contribution < -0.4 is 11.1 Å². The van der Waals surface area contributed by atoms with Gasteiger partial charge < -0.3 is 15.8 Å². The van der Waals surface area contributed by atoms with E-state index < -0.39 is 0 Å². The number of hydrogen-bond acceptors (Lipinski definition) is 4. The van der Waals surface area contributed by atoms with Crippen LogP contribution in [0.15, 0.2) is 18.2 Å². The molecule has 0 bridgehead atoms. The first-order chi connectivity index (χ1) is 9.69. The fraction of sp³-hybridized carbons (Fsp3) is 0.533. The predicted molar refractivity (Wildman–Crippen MR) is 79.3 cm³/mol. The molecule has 0 aliphatic carbocycles. The fourth-order valence-electron chi connectivity index (χ4n) is 2.47. The Hall–Kier alpha value is -1.59. The van der Waals surface area contributed by atoms with E-state index in [1.165, 1.54) is 11.1 Å². The lowest BCUT2D eigenvalue weighted by atomic mass is 9.99. The molecular weight excluding hydrogens is 254 g/mol. The first-order valence-corrected chi connectivity index (χ1v) is 7.04. The molecule has 3 N–H and O–H groups in total. The number of amides is 1. The molecule has 1 aliphatic heterocycles. The number of methoxy groups -OCH3 is 1. The van der Waals surface area contributed by atoms with Crippen molar-refractivity contribution in [3.05, 3.63) is 29.3 Å². The van der Waals surface area contributed by atoms with Gasteiger partial charge in [0.15, 0.2) is 0 Å². The highest BCUT2D eigenvalue weighted by Gasteiger charge is 2.18. The highest BCUT2D eigenvalue weighted by molar-refractivity contribution is 5.78. The second kappa shape index (κ2) is 7.26. The zero-order valence-corrected chi connectivity index (χ0v) is 12.0.